The number of benzene rings is 1. The summed E-state index contributed by atoms with van der Waals surface area (Å²) in [6.45, 7) is 2.05. The Morgan fingerprint density at radius 1 is 1.16 bits per heavy atom. The Kier molecular flexibility index (Phi) is 3.21. The van der Waals surface area contributed by atoms with Crippen molar-refractivity contribution in [2.75, 3.05) is 0 Å². The second-order valence-electron chi connectivity index (χ2n) is 4.43. The molecule has 0 saturated carbocycles. The Balaban J connectivity index is 2.29. The van der Waals surface area contributed by atoms with Crippen LogP contribution in [0.4, 0.5) is 0 Å². The summed E-state index contributed by atoms with van der Waals surface area (Å²) in [6, 6.07) is 11.7. The van der Waals surface area contributed by atoms with Crippen molar-refractivity contribution in [3.05, 3.63) is 58.9 Å². The first-order chi connectivity index (χ1) is 9.20. The Bertz CT molecular complexity index is 730. The first-order valence-electron chi connectivity index (χ1n) is 5.99. The van der Waals surface area contributed by atoms with Crippen LogP contribution in [-0.2, 0) is 5.88 Å². The number of imidazole rings is 1. The van der Waals surface area contributed by atoms with Crippen molar-refractivity contribution in [3.8, 4) is 11.3 Å². The number of alkyl halides is 1. The van der Waals surface area contributed by atoms with E-state index in [0.717, 1.165) is 33.2 Å². The summed E-state index contributed by atoms with van der Waals surface area (Å²) in [5.74, 6) is 0.419. The van der Waals surface area contributed by atoms with E-state index in [9.17, 15) is 0 Å². The average molecular weight is 291 g/mol. The standard InChI is InChI=1S/C15H12Cl2N2/c1-10-3-2-8-19-13(9-16)14(18-15(10)19)11-4-6-12(17)7-5-11/h2-8H,9H2,1H3. The molecule has 0 spiro atoms. The maximum absolute atomic E-state index is 6.10. The summed E-state index contributed by atoms with van der Waals surface area (Å²) in [4.78, 5) is 4.72. The summed E-state index contributed by atoms with van der Waals surface area (Å²) in [5.41, 5.74) is 5.03. The maximum Gasteiger partial charge on any atom is 0.140 e. The molecule has 0 unspecified atom stereocenters. The lowest BCUT2D eigenvalue weighted by Crippen LogP contribution is -1.91. The molecule has 1 aromatic carbocycles. The van der Waals surface area contributed by atoms with E-state index in [1.165, 1.54) is 0 Å². The van der Waals surface area contributed by atoms with Gasteiger partial charge in [-0.2, -0.15) is 0 Å². The zero-order chi connectivity index (χ0) is 13.4. The van der Waals surface area contributed by atoms with Gasteiger partial charge in [0.05, 0.1) is 17.3 Å². The van der Waals surface area contributed by atoms with E-state index in [1.54, 1.807) is 0 Å². The lowest BCUT2D eigenvalue weighted by Gasteiger charge is -2.02. The smallest absolute Gasteiger partial charge is 0.140 e. The molecular weight excluding hydrogens is 279 g/mol. The quantitative estimate of drug-likeness (QED) is 0.625. The van der Waals surface area contributed by atoms with Crippen molar-refractivity contribution >= 4 is 28.8 Å². The number of hydrogen-bond donors (Lipinski definition) is 0. The van der Waals surface area contributed by atoms with E-state index in [2.05, 4.69) is 0 Å². The van der Waals surface area contributed by atoms with Gasteiger partial charge in [-0.1, -0.05) is 29.8 Å². The minimum Gasteiger partial charge on any atom is -0.302 e. The molecule has 2 nitrogen and oxygen atoms in total. The summed E-state index contributed by atoms with van der Waals surface area (Å²) < 4.78 is 2.05. The van der Waals surface area contributed by atoms with Gasteiger partial charge in [0.25, 0.3) is 0 Å². The van der Waals surface area contributed by atoms with E-state index in [-0.39, 0.29) is 0 Å². The molecule has 19 heavy (non-hydrogen) atoms. The average Bonchev–Trinajstić information content (AvgIpc) is 2.79. The molecule has 2 aromatic heterocycles. The molecule has 0 radical (unpaired) electrons. The van der Waals surface area contributed by atoms with E-state index in [1.807, 2.05) is 53.9 Å². The molecule has 0 N–H and O–H groups in total. The van der Waals surface area contributed by atoms with Gasteiger partial charge in [-0.3, -0.25) is 0 Å². The molecule has 3 aromatic rings. The predicted molar refractivity (Wildman–Crippen MR) is 79.9 cm³/mol. The van der Waals surface area contributed by atoms with Crippen LogP contribution >= 0.6 is 23.2 Å². The van der Waals surface area contributed by atoms with Crippen LogP contribution in [0, 0.1) is 6.92 Å². The molecule has 2 heterocycles. The number of aromatic nitrogens is 2. The maximum atomic E-state index is 6.10. The van der Waals surface area contributed by atoms with Crippen molar-refractivity contribution in [3.63, 3.8) is 0 Å². The van der Waals surface area contributed by atoms with Crippen LogP contribution < -0.4 is 0 Å². The van der Waals surface area contributed by atoms with E-state index in [4.69, 9.17) is 28.2 Å². The topological polar surface area (TPSA) is 17.3 Å². The van der Waals surface area contributed by atoms with Gasteiger partial charge in [0.15, 0.2) is 0 Å². The molecule has 0 bridgehead atoms. The van der Waals surface area contributed by atoms with Gasteiger partial charge >= 0.3 is 0 Å². The highest BCUT2D eigenvalue weighted by molar-refractivity contribution is 6.30. The van der Waals surface area contributed by atoms with Crippen LogP contribution in [-0.4, -0.2) is 9.38 Å². The third-order valence-electron chi connectivity index (χ3n) is 3.19. The number of pyridine rings is 1. The fourth-order valence-electron chi connectivity index (χ4n) is 2.22. The summed E-state index contributed by atoms with van der Waals surface area (Å²) in [5, 5.41) is 0.719. The second kappa shape index (κ2) is 4.87. The Hall–Kier alpha value is -1.51. The van der Waals surface area contributed by atoms with Gasteiger partial charge in [-0.05, 0) is 30.7 Å². The van der Waals surface area contributed by atoms with Crippen LogP contribution in [0.1, 0.15) is 11.3 Å². The van der Waals surface area contributed by atoms with Crippen LogP contribution in [0.25, 0.3) is 16.9 Å². The largest absolute Gasteiger partial charge is 0.302 e. The van der Waals surface area contributed by atoms with Crippen LogP contribution in [0.5, 0.6) is 0 Å². The van der Waals surface area contributed by atoms with Gasteiger partial charge in [0.1, 0.15) is 5.65 Å². The molecular formula is C15H12Cl2N2. The van der Waals surface area contributed by atoms with Crippen molar-refractivity contribution in [1.82, 2.24) is 9.38 Å². The van der Waals surface area contributed by atoms with Crippen molar-refractivity contribution < 1.29 is 0 Å². The SMILES string of the molecule is Cc1cccn2c(CCl)c(-c3ccc(Cl)cc3)nc12. The fraction of sp³-hybridized carbons (Fsp3) is 0.133. The first-order valence-corrected chi connectivity index (χ1v) is 6.90. The van der Waals surface area contributed by atoms with E-state index < -0.39 is 0 Å². The monoisotopic (exact) mass is 290 g/mol. The summed E-state index contributed by atoms with van der Waals surface area (Å²) in [6.07, 6.45) is 1.99. The minimum atomic E-state index is 0.419. The zero-order valence-electron chi connectivity index (χ0n) is 10.4. The third kappa shape index (κ3) is 2.11. The highest BCUT2D eigenvalue weighted by atomic mass is 35.5. The lowest BCUT2D eigenvalue weighted by atomic mass is 10.1. The fourth-order valence-corrected chi connectivity index (χ4v) is 2.60. The van der Waals surface area contributed by atoms with Gasteiger partial charge in [0.2, 0.25) is 0 Å². The lowest BCUT2D eigenvalue weighted by molar-refractivity contribution is 1.08. The Labute approximate surface area is 121 Å². The molecule has 0 aliphatic rings. The normalized spacial score (nSPS) is 11.1. The van der Waals surface area contributed by atoms with E-state index >= 15 is 0 Å². The van der Waals surface area contributed by atoms with Gasteiger partial charge in [-0.15, -0.1) is 11.6 Å². The molecule has 96 valence electrons. The van der Waals surface area contributed by atoms with Crippen LogP contribution in [0.2, 0.25) is 5.02 Å². The van der Waals surface area contributed by atoms with E-state index in [0.29, 0.717) is 5.88 Å². The molecule has 0 atom stereocenters. The zero-order valence-corrected chi connectivity index (χ0v) is 11.9. The van der Waals surface area contributed by atoms with Crippen molar-refractivity contribution in [1.29, 1.82) is 0 Å². The van der Waals surface area contributed by atoms with Gasteiger partial charge in [0, 0.05) is 16.8 Å². The number of fused-ring (bicyclic) bond motifs is 1. The van der Waals surface area contributed by atoms with Crippen molar-refractivity contribution in [2.45, 2.75) is 12.8 Å². The predicted octanol–water partition coefficient (Wildman–Crippen LogP) is 4.70. The van der Waals surface area contributed by atoms with Gasteiger partial charge in [-0.25, -0.2) is 4.98 Å². The molecule has 0 aliphatic carbocycles. The van der Waals surface area contributed by atoms with Gasteiger partial charge < -0.3 is 4.40 Å². The third-order valence-corrected chi connectivity index (χ3v) is 3.69. The number of halogens is 2. The number of nitrogens with zero attached hydrogens (tertiary/aromatic N) is 2. The number of rotatable bonds is 2. The van der Waals surface area contributed by atoms with Crippen molar-refractivity contribution in [2.24, 2.45) is 0 Å². The highest BCUT2D eigenvalue weighted by Gasteiger charge is 2.13. The van der Waals surface area contributed by atoms with Crippen LogP contribution in [0.3, 0.4) is 0 Å². The summed E-state index contributed by atoms with van der Waals surface area (Å²) >= 11 is 12.0. The molecule has 0 aliphatic heterocycles. The number of hydrogen-bond acceptors (Lipinski definition) is 1. The van der Waals surface area contributed by atoms with Crippen LogP contribution in [0.15, 0.2) is 42.6 Å². The Morgan fingerprint density at radius 3 is 2.58 bits per heavy atom. The molecule has 3 rings (SSSR count). The summed E-state index contributed by atoms with van der Waals surface area (Å²) in [7, 11) is 0. The highest BCUT2D eigenvalue weighted by Crippen LogP contribution is 2.27. The first kappa shape index (κ1) is 12.5. The second-order valence-corrected chi connectivity index (χ2v) is 5.14. The molecule has 0 saturated heterocycles. The Morgan fingerprint density at radius 2 is 1.89 bits per heavy atom. The molecule has 0 fully saturated rings. The molecule has 4 heteroatoms. The minimum absolute atomic E-state index is 0.419. The number of aryl methyl sites for hydroxylation is 1. The molecule has 0 amide bonds.